The van der Waals surface area contributed by atoms with E-state index in [0.717, 1.165) is 29.9 Å². The van der Waals surface area contributed by atoms with Gasteiger partial charge in [0, 0.05) is 37.1 Å². The van der Waals surface area contributed by atoms with E-state index < -0.39 is 4.92 Å². The molecular formula is C17H19N5O3. The number of pyridine rings is 2. The molecule has 0 fully saturated rings. The third kappa shape index (κ3) is 4.23. The molecule has 3 rings (SSSR count). The van der Waals surface area contributed by atoms with E-state index in [1.54, 1.807) is 25.6 Å². The summed E-state index contributed by atoms with van der Waals surface area (Å²) in [7, 11) is 1.60. The van der Waals surface area contributed by atoms with Gasteiger partial charge in [-0.15, -0.1) is 0 Å². The summed E-state index contributed by atoms with van der Waals surface area (Å²) in [6, 6.07) is 7.01. The Balaban J connectivity index is 1.60. The number of methoxy groups -OCH3 is 1. The number of nitro groups is 1. The highest BCUT2D eigenvalue weighted by molar-refractivity contribution is 5.48. The van der Waals surface area contributed by atoms with Crippen molar-refractivity contribution >= 4 is 11.5 Å². The molecule has 3 heterocycles. The number of hydrogen-bond acceptors (Lipinski definition) is 7. The molecule has 0 spiro atoms. The van der Waals surface area contributed by atoms with Gasteiger partial charge in [0.05, 0.1) is 19.3 Å². The molecular weight excluding hydrogens is 322 g/mol. The van der Waals surface area contributed by atoms with Crippen LogP contribution in [0.2, 0.25) is 0 Å². The lowest BCUT2D eigenvalue weighted by Crippen LogP contribution is -2.34. The van der Waals surface area contributed by atoms with Gasteiger partial charge in [0.15, 0.2) is 6.20 Å². The van der Waals surface area contributed by atoms with Gasteiger partial charge in [-0.05, 0) is 34.0 Å². The molecule has 130 valence electrons. The second-order valence-electron chi connectivity index (χ2n) is 5.63. The molecule has 2 aromatic rings. The Morgan fingerprint density at radius 1 is 1.36 bits per heavy atom. The summed E-state index contributed by atoms with van der Waals surface area (Å²) in [5, 5.41) is 14.1. The Morgan fingerprint density at radius 2 is 2.24 bits per heavy atom. The van der Waals surface area contributed by atoms with Crippen molar-refractivity contribution in [2.45, 2.75) is 13.0 Å². The molecule has 0 amide bonds. The molecule has 0 aliphatic carbocycles. The smallest absolute Gasteiger partial charge is 0.363 e. The number of anilines is 1. The van der Waals surface area contributed by atoms with Crippen LogP contribution in [0.5, 0.6) is 5.88 Å². The molecule has 0 unspecified atom stereocenters. The Labute approximate surface area is 145 Å². The van der Waals surface area contributed by atoms with Crippen LogP contribution in [0.1, 0.15) is 12.0 Å². The monoisotopic (exact) mass is 341 g/mol. The van der Waals surface area contributed by atoms with Crippen LogP contribution < -0.4 is 15.0 Å². The molecule has 8 nitrogen and oxygen atoms in total. The van der Waals surface area contributed by atoms with Crippen LogP contribution in [0.15, 0.2) is 48.4 Å². The fourth-order valence-electron chi connectivity index (χ4n) is 2.65. The minimum absolute atomic E-state index is 0.138. The SMILES string of the molecule is COc1cc(CNC2=CCCN(c3ccc([N+](=O)[O-])nc3)C2)ccn1. The molecule has 1 aliphatic heterocycles. The highest BCUT2D eigenvalue weighted by atomic mass is 16.6. The van der Waals surface area contributed by atoms with Gasteiger partial charge in [-0.3, -0.25) is 0 Å². The van der Waals surface area contributed by atoms with Gasteiger partial charge < -0.3 is 25.1 Å². The van der Waals surface area contributed by atoms with Crippen molar-refractivity contribution in [2.75, 3.05) is 25.1 Å². The summed E-state index contributed by atoms with van der Waals surface area (Å²) in [5.41, 5.74) is 3.07. The van der Waals surface area contributed by atoms with Gasteiger partial charge in [0.1, 0.15) is 0 Å². The lowest BCUT2D eigenvalue weighted by molar-refractivity contribution is -0.389. The molecule has 2 aromatic heterocycles. The van der Waals surface area contributed by atoms with Crippen LogP contribution in [0.3, 0.4) is 0 Å². The minimum atomic E-state index is -0.490. The molecule has 0 radical (unpaired) electrons. The average molecular weight is 341 g/mol. The van der Waals surface area contributed by atoms with Gasteiger partial charge >= 0.3 is 5.82 Å². The molecule has 0 saturated heterocycles. The number of rotatable bonds is 6. The predicted octanol–water partition coefficient (Wildman–Crippen LogP) is 2.28. The van der Waals surface area contributed by atoms with E-state index in [0.29, 0.717) is 19.0 Å². The van der Waals surface area contributed by atoms with Crippen LogP contribution in [0.25, 0.3) is 0 Å². The highest BCUT2D eigenvalue weighted by Gasteiger charge is 2.16. The van der Waals surface area contributed by atoms with Crippen LogP contribution >= 0.6 is 0 Å². The van der Waals surface area contributed by atoms with E-state index in [-0.39, 0.29) is 5.82 Å². The first-order valence-electron chi connectivity index (χ1n) is 7.93. The second kappa shape index (κ2) is 7.61. The number of hydrogen-bond donors (Lipinski definition) is 1. The van der Waals surface area contributed by atoms with Crippen LogP contribution in [-0.4, -0.2) is 35.1 Å². The van der Waals surface area contributed by atoms with E-state index >= 15 is 0 Å². The van der Waals surface area contributed by atoms with Gasteiger partial charge in [-0.25, -0.2) is 4.98 Å². The quantitative estimate of drug-likeness (QED) is 0.636. The Hall–Kier alpha value is -3.16. The second-order valence-corrected chi connectivity index (χ2v) is 5.63. The van der Waals surface area contributed by atoms with Crippen molar-refractivity contribution in [3.8, 4) is 5.88 Å². The van der Waals surface area contributed by atoms with Crippen molar-refractivity contribution in [1.82, 2.24) is 15.3 Å². The van der Waals surface area contributed by atoms with Crippen molar-refractivity contribution in [3.63, 3.8) is 0 Å². The number of nitrogens with zero attached hydrogens (tertiary/aromatic N) is 4. The van der Waals surface area contributed by atoms with Crippen LogP contribution in [0, 0.1) is 10.1 Å². The van der Waals surface area contributed by atoms with E-state index in [1.807, 2.05) is 12.1 Å². The first kappa shape index (κ1) is 16.7. The third-order valence-electron chi connectivity index (χ3n) is 3.96. The molecule has 0 bridgehead atoms. The van der Waals surface area contributed by atoms with E-state index in [9.17, 15) is 10.1 Å². The molecule has 1 aliphatic rings. The molecule has 0 atom stereocenters. The van der Waals surface area contributed by atoms with Gasteiger partial charge in [-0.1, -0.05) is 6.08 Å². The first-order chi connectivity index (χ1) is 12.2. The summed E-state index contributed by atoms with van der Waals surface area (Å²) in [6.45, 7) is 2.24. The maximum Gasteiger partial charge on any atom is 0.363 e. The van der Waals surface area contributed by atoms with E-state index in [2.05, 4.69) is 26.3 Å². The fraction of sp³-hybridized carbons (Fsp3) is 0.294. The topological polar surface area (TPSA) is 93.4 Å². The standard InChI is InChI=1S/C17H19N5O3/c1-25-17-9-13(6-7-18-17)10-19-14-3-2-8-21(12-14)15-4-5-16(20-11-15)22(23)24/h3-7,9,11,19H,2,8,10,12H2,1H3. The van der Waals surface area contributed by atoms with Gasteiger partial charge in [0.25, 0.3) is 0 Å². The maximum atomic E-state index is 10.7. The number of nitrogens with one attached hydrogen (secondary N) is 1. The summed E-state index contributed by atoms with van der Waals surface area (Å²) < 4.78 is 5.13. The zero-order valence-electron chi connectivity index (χ0n) is 13.9. The Morgan fingerprint density at radius 3 is 2.96 bits per heavy atom. The normalized spacial score (nSPS) is 14.0. The van der Waals surface area contributed by atoms with Crippen LogP contribution in [0.4, 0.5) is 11.5 Å². The molecule has 0 aromatic carbocycles. The Bertz CT molecular complexity index is 776. The maximum absolute atomic E-state index is 10.7. The zero-order valence-corrected chi connectivity index (χ0v) is 13.9. The van der Waals surface area contributed by atoms with E-state index in [4.69, 9.17) is 4.74 Å². The molecule has 8 heteroatoms. The van der Waals surface area contributed by atoms with Crippen molar-refractivity contribution in [1.29, 1.82) is 0 Å². The average Bonchev–Trinajstić information content (AvgIpc) is 2.67. The number of ether oxygens (including phenoxy) is 1. The van der Waals surface area contributed by atoms with Gasteiger partial charge in [-0.2, -0.15) is 0 Å². The zero-order chi connectivity index (χ0) is 17.6. The minimum Gasteiger partial charge on any atom is -0.481 e. The van der Waals surface area contributed by atoms with Crippen molar-refractivity contribution < 1.29 is 9.66 Å². The van der Waals surface area contributed by atoms with Gasteiger partial charge in [0.2, 0.25) is 5.88 Å². The lowest BCUT2D eigenvalue weighted by atomic mass is 10.2. The number of aromatic nitrogens is 2. The predicted molar refractivity (Wildman–Crippen MR) is 93.4 cm³/mol. The molecule has 0 saturated carbocycles. The highest BCUT2D eigenvalue weighted by Crippen LogP contribution is 2.20. The lowest BCUT2D eigenvalue weighted by Gasteiger charge is -2.29. The summed E-state index contributed by atoms with van der Waals surface area (Å²) in [6.07, 6.45) is 6.35. The van der Waals surface area contributed by atoms with Crippen molar-refractivity contribution in [3.05, 3.63) is 64.1 Å². The summed E-state index contributed by atoms with van der Waals surface area (Å²) >= 11 is 0. The Kier molecular flexibility index (Phi) is 5.08. The largest absolute Gasteiger partial charge is 0.481 e. The van der Waals surface area contributed by atoms with Crippen LogP contribution in [-0.2, 0) is 6.54 Å². The van der Waals surface area contributed by atoms with E-state index in [1.165, 1.54) is 6.07 Å². The first-order valence-corrected chi connectivity index (χ1v) is 7.93. The molecule has 1 N–H and O–H groups in total. The fourth-order valence-corrected chi connectivity index (χ4v) is 2.65. The summed E-state index contributed by atoms with van der Waals surface area (Å²) in [5.74, 6) is 0.455. The summed E-state index contributed by atoms with van der Waals surface area (Å²) in [4.78, 5) is 20.3. The third-order valence-corrected chi connectivity index (χ3v) is 3.96. The molecule has 25 heavy (non-hydrogen) atoms. The van der Waals surface area contributed by atoms with Crippen molar-refractivity contribution in [2.24, 2.45) is 0 Å².